The summed E-state index contributed by atoms with van der Waals surface area (Å²) in [7, 11) is 1.37. The van der Waals surface area contributed by atoms with Crippen molar-refractivity contribution in [1.82, 2.24) is 15.1 Å². The van der Waals surface area contributed by atoms with Crippen LogP contribution in [0.4, 0.5) is 0 Å². The average Bonchev–Trinajstić information content (AvgIpc) is 2.84. The summed E-state index contributed by atoms with van der Waals surface area (Å²) in [5.74, 6) is -0.841. The van der Waals surface area contributed by atoms with Gasteiger partial charge in [-0.25, -0.2) is 5.10 Å². The molecule has 3 aromatic rings. The molecular weight excluding hydrogens is 394 g/mol. The van der Waals surface area contributed by atoms with E-state index in [1.54, 1.807) is 4.90 Å². The van der Waals surface area contributed by atoms with Crippen LogP contribution in [0.1, 0.15) is 23.2 Å². The summed E-state index contributed by atoms with van der Waals surface area (Å²) in [6.07, 6.45) is 1.02. The molecule has 1 aliphatic heterocycles. The molecule has 1 fully saturated rings. The highest BCUT2D eigenvalue weighted by atomic mass is 16.5. The van der Waals surface area contributed by atoms with Crippen LogP contribution in [0.3, 0.4) is 0 Å². The lowest BCUT2D eigenvalue weighted by Gasteiger charge is -2.31. The fourth-order valence-corrected chi connectivity index (χ4v) is 3.99. The minimum atomic E-state index is -0.529. The van der Waals surface area contributed by atoms with Crippen LogP contribution in [0, 0.1) is 5.92 Å². The molecule has 4 rings (SSSR count). The number of carbonyl (C=O) groups is 2. The van der Waals surface area contributed by atoms with Crippen molar-refractivity contribution >= 4 is 11.9 Å². The van der Waals surface area contributed by atoms with Crippen molar-refractivity contribution in [3.63, 3.8) is 0 Å². The summed E-state index contributed by atoms with van der Waals surface area (Å²) in [5.41, 5.74) is 2.13. The molecule has 0 bridgehead atoms. The molecular formula is C24H23N3O4. The lowest BCUT2D eigenvalue weighted by Crippen LogP contribution is -2.42. The predicted octanol–water partition coefficient (Wildman–Crippen LogP) is 3.13. The zero-order chi connectivity index (χ0) is 21.8. The number of benzene rings is 2. The topological polar surface area (TPSA) is 92.4 Å². The summed E-state index contributed by atoms with van der Waals surface area (Å²) >= 11 is 0. The van der Waals surface area contributed by atoms with Gasteiger partial charge in [0.2, 0.25) is 0 Å². The third kappa shape index (κ3) is 4.12. The first-order valence-corrected chi connectivity index (χ1v) is 10.2. The molecule has 7 heteroatoms. The molecule has 0 saturated carbocycles. The number of H-pyrrole nitrogens is 1. The van der Waals surface area contributed by atoms with Crippen molar-refractivity contribution in [2.45, 2.75) is 12.8 Å². The maximum atomic E-state index is 13.5. The number of methoxy groups -OCH3 is 1. The van der Waals surface area contributed by atoms with Crippen molar-refractivity contribution < 1.29 is 14.3 Å². The first-order chi connectivity index (χ1) is 15.1. The number of amides is 1. The van der Waals surface area contributed by atoms with Gasteiger partial charge in [-0.3, -0.25) is 14.4 Å². The van der Waals surface area contributed by atoms with Gasteiger partial charge < -0.3 is 9.64 Å². The number of piperidine rings is 1. The lowest BCUT2D eigenvalue weighted by molar-refractivity contribution is -0.146. The number of aromatic amines is 1. The number of hydrogen-bond acceptors (Lipinski definition) is 5. The Kier molecular flexibility index (Phi) is 5.93. The zero-order valence-electron chi connectivity index (χ0n) is 17.2. The standard InChI is InChI=1S/C24H23N3O4/c1-31-24(30)18-12-14-27(15-13-18)23(29)20-19(16-8-4-2-5-9-16)21(25-26-22(20)28)17-10-6-3-7-11-17/h2-11,18H,12-15H2,1H3,(H,26,28). The summed E-state index contributed by atoms with van der Waals surface area (Å²) in [4.78, 5) is 39.8. The molecule has 1 aromatic heterocycles. The van der Waals surface area contributed by atoms with Gasteiger partial charge in [0, 0.05) is 24.2 Å². The molecule has 0 aliphatic carbocycles. The molecule has 0 atom stereocenters. The number of hydrogen-bond donors (Lipinski definition) is 1. The second-order valence-electron chi connectivity index (χ2n) is 7.47. The van der Waals surface area contributed by atoms with Crippen molar-refractivity contribution in [3.8, 4) is 22.4 Å². The van der Waals surface area contributed by atoms with Crippen molar-refractivity contribution in [2.75, 3.05) is 20.2 Å². The molecule has 1 amide bonds. The van der Waals surface area contributed by atoms with Crippen LogP contribution < -0.4 is 5.56 Å². The van der Waals surface area contributed by atoms with E-state index in [1.165, 1.54) is 7.11 Å². The Morgan fingerprint density at radius 1 is 0.968 bits per heavy atom. The van der Waals surface area contributed by atoms with Gasteiger partial charge in [0.25, 0.3) is 11.5 Å². The Labute approximate surface area is 179 Å². The molecule has 158 valence electrons. The summed E-state index contributed by atoms with van der Waals surface area (Å²) in [6, 6.07) is 18.8. The molecule has 7 nitrogen and oxygen atoms in total. The van der Waals surface area contributed by atoms with Crippen LogP contribution in [0.2, 0.25) is 0 Å². The van der Waals surface area contributed by atoms with Gasteiger partial charge in [0.15, 0.2) is 0 Å². The molecule has 2 heterocycles. The minimum Gasteiger partial charge on any atom is -0.469 e. The minimum absolute atomic E-state index is 0.0663. The third-order valence-corrected chi connectivity index (χ3v) is 5.62. The van der Waals surface area contributed by atoms with Crippen molar-refractivity contribution in [3.05, 3.63) is 76.6 Å². The molecule has 31 heavy (non-hydrogen) atoms. The maximum Gasteiger partial charge on any atom is 0.308 e. The van der Waals surface area contributed by atoms with Crippen LogP contribution in [0.5, 0.6) is 0 Å². The van der Waals surface area contributed by atoms with Crippen molar-refractivity contribution in [1.29, 1.82) is 0 Å². The molecule has 0 spiro atoms. The van der Waals surface area contributed by atoms with E-state index < -0.39 is 5.56 Å². The van der Waals surface area contributed by atoms with Gasteiger partial charge in [0.05, 0.1) is 18.7 Å². The average molecular weight is 417 g/mol. The number of esters is 1. The number of ether oxygens (including phenoxy) is 1. The van der Waals surface area contributed by atoms with E-state index in [1.807, 2.05) is 60.7 Å². The van der Waals surface area contributed by atoms with Crippen LogP contribution in [0.15, 0.2) is 65.5 Å². The molecule has 1 aliphatic rings. The van der Waals surface area contributed by atoms with Gasteiger partial charge in [-0.1, -0.05) is 60.7 Å². The number of rotatable bonds is 4. The Bertz CT molecular complexity index is 1130. The fraction of sp³-hybridized carbons (Fsp3) is 0.250. The summed E-state index contributed by atoms with van der Waals surface area (Å²) in [6.45, 7) is 0.768. The van der Waals surface area contributed by atoms with Gasteiger partial charge in [-0.2, -0.15) is 5.10 Å². The smallest absolute Gasteiger partial charge is 0.308 e. The second-order valence-corrected chi connectivity index (χ2v) is 7.47. The third-order valence-electron chi connectivity index (χ3n) is 5.62. The summed E-state index contributed by atoms with van der Waals surface area (Å²) in [5, 5.41) is 6.80. The highest BCUT2D eigenvalue weighted by Crippen LogP contribution is 2.32. The monoisotopic (exact) mass is 417 g/mol. The van der Waals surface area contributed by atoms with Gasteiger partial charge in [-0.05, 0) is 18.4 Å². The maximum absolute atomic E-state index is 13.5. The Morgan fingerprint density at radius 3 is 2.13 bits per heavy atom. The van der Waals surface area contributed by atoms with E-state index >= 15 is 0 Å². The van der Waals surface area contributed by atoms with Crippen LogP contribution in [0.25, 0.3) is 22.4 Å². The number of nitrogens with zero attached hydrogens (tertiary/aromatic N) is 2. The Morgan fingerprint density at radius 2 is 1.55 bits per heavy atom. The fourth-order valence-electron chi connectivity index (χ4n) is 3.99. The van der Waals surface area contributed by atoms with Gasteiger partial charge in [-0.15, -0.1) is 0 Å². The molecule has 1 saturated heterocycles. The highest BCUT2D eigenvalue weighted by molar-refractivity contribution is 6.03. The molecule has 2 aromatic carbocycles. The first kappa shape index (κ1) is 20.5. The Hall–Kier alpha value is -3.74. The van der Waals surface area contributed by atoms with E-state index in [0.29, 0.717) is 37.2 Å². The molecule has 0 radical (unpaired) electrons. The molecule has 1 N–H and O–H groups in total. The predicted molar refractivity (Wildman–Crippen MR) is 116 cm³/mol. The van der Waals surface area contributed by atoms with Gasteiger partial charge in [0.1, 0.15) is 5.56 Å². The number of likely N-dealkylation sites (tertiary alicyclic amines) is 1. The van der Waals surface area contributed by atoms with Crippen LogP contribution in [-0.4, -0.2) is 47.2 Å². The Balaban J connectivity index is 1.78. The largest absolute Gasteiger partial charge is 0.469 e. The highest BCUT2D eigenvalue weighted by Gasteiger charge is 2.31. The number of nitrogens with one attached hydrogen (secondary N) is 1. The first-order valence-electron chi connectivity index (χ1n) is 10.2. The van der Waals surface area contributed by atoms with E-state index in [2.05, 4.69) is 10.2 Å². The SMILES string of the molecule is COC(=O)C1CCN(C(=O)c2c(-c3ccccc3)c(-c3ccccc3)n[nH]c2=O)CC1. The van der Waals surface area contributed by atoms with Crippen LogP contribution >= 0.6 is 0 Å². The quantitative estimate of drug-likeness (QED) is 0.659. The second kappa shape index (κ2) is 8.95. The van der Waals surface area contributed by atoms with Gasteiger partial charge >= 0.3 is 5.97 Å². The summed E-state index contributed by atoms with van der Waals surface area (Å²) < 4.78 is 4.83. The van der Waals surface area contributed by atoms with E-state index in [-0.39, 0.29) is 23.4 Å². The lowest BCUT2D eigenvalue weighted by atomic mass is 9.93. The zero-order valence-corrected chi connectivity index (χ0v) is 17.2. The van der Waals surface area contributed by atoms with E-state index in [4.69, 9.17) is 4.74 Å². The van der Waals surface area contributed by atoms with Crippen LogP contribution in [-0.2, 0) is 9.53 Å². The van der Waals surface area contributed by atoms with E-state index in [9.17, 15) is 14.4 Å². The number of aromatic nitrogens is 2. The van der Waals surface area contributed by atoms with Crippen molar-refractivity contribution in [2.24, 2.45) is 5.92 Å². The van der Waals surface area contributed by atoms with E-state index in [0.717, 1.165) is 11.1 Å². The normalized spacial score (nSPS) is 14.3. The number of carbonyl (C=O) groups excluding carboxylic acids is 2. The molecule has 0 unspecified atom stereocenters.